The first-order valence-electron chi connectivity index (χ1n) is 10.4. The second-order valence-electron chi connectivity index (χ2n) is 8.08. The van der Waals surface area contributed by atoms with E-state index in [-0.39, 0.29) is 23.4 Å². The fourth-order valence-corrected chi connectivity index (χ4v) is 4.06. The van der Waals surface area contributed by atoms with Crippen molar-refractivity contribution < 1.29 is 13.6 Å². The molecule has 0 spiro atoms. The summed E-state index contributed by atoms with van der Waals surface area (Å²) in [6.07, 6.45) is 3.35. The van der Waals surface area contributed by atoms with Gasteiger partial charge in [0, 0.05) is 57.4 Å². The van der Waals surface area contributed by atoms with E-state index < -0.39 is 0 Å². The fraction of sp³-hybridized carbons (Fsp3) is 0.391. The molecule has 3 heterocycles. The summed E-state index contributed by atoms with van der Waals surface area (Å²) >= 11 is 0. The Labute approximate surface area is 180 Å². The maximum atomic E-state index is 14.6. The second kappa shape index (κ2) is 8.45. The van der Waals surface area contributed by atoms with Gasteiger partial charge in [0.25, 0.3) is 5.91 Å². The number of likely N-dealkylation sites (tertiary alicyclic amines) is 1. The Bertz CT molecular complexity index is 1110. The molecule has 1 atom stereocenters. The Balaban J connectivity index is 1.70. The average Bonchev–Trinajstić information content (AvgIpc) is 3.11. The van der Waals surface area contributed by atoms with Gasteiger partial charge >= 0.3 is 0 Å². The van der Waals surface area contributed by atoms with Crippen LogP contribution in [0.25, 0.3) is 11.1 Å². The molecule has 7 nitrogen and oxygen atoms in total. The molecule has 1 aromatic carbocycles. The number of aromatic nitrogens is 3. The van der Waals surface area contributed by atoms with Crippen LogP contribution in [0, 0.1) is 19.7 Å². The van der Waals surface area contributed by atoms with Crippen LogP contribution in [0.3, 0.4) is 0 Å². The predicted molar refractivity (Wildman–Crippen MR) is 116 cm³/mol. The van der Waals surface area contributed by atoms with Crippen LogP contribution in [-0.2, 0) is 0 Å². The molecule has 4 rings (SSSR count). The summed E-state index contributed by atoms with van der Waals surface area (Å²) in [4.78, 5) is 30.1. The molecule has 3 aromatic rings. The summed E-state index contributed by atoms with van der Waals surface area (Å²) in [6, 6.07) is 6.63. The maximum Gasteiger partial charge on any atom is 0.291 e. The number of anilines is 1. The minimum atomic E-state index is -0.318. The largest absolute Gasteiger partial charge is 0.436 e. The molecule has 0 unspecified atom stereocenters. The summed E-state index contributed by atoms with van der Waals surface area (Å²) < 4.78 is 20.2. The highest BCUT2D eigenvalue weighted by Gasteiger charge is 2.31. The minimum Gasteiger partial charge on any atom is -0.436 e. The van der Waals surface area contributed by atoms with Gasteiger partial charge in [0.05, 0.1) is 11.4 Å². The van der Waals surface area contributed by atoms with Crippen molar-refractivity contribution in [1.82, 2.24) is 19.9 Å². The summed E-state index contributed by atoms with van der Waals surface area (Å²) in [5, 5.41) is 0. The van der Waals surface area contributed by atoms with Crippen molar-refractivity contribution in [1.29, 1.82) is 0 Å². The van der Waals surface area contributed by atoms with Crippen molar-refractivity contribution in [2.75, 3.05) is 32.1 Å². The minimum absolute atomic E-state index is 0.0432. The van der Waals surface area contributed by atoms with Crippen LogP contribution in [0.4, 0.5) is 10.3 Å². The van der Waals surface area contributed by atoms with Gasteiger partial charge in [-0.2, -0.15) is 0 Å². The van der Waals surface area contributed by atoms with E-state index >= 15 is 0 Å². The van der Waals surface area contributed by atoms with Gasteiger partial charge in [-0.05, 0) is 25.8 Å². The lowest BCUT2D eigenvalue weighted by Gasteiger charge is -2.33. The summed E-state index contributed by atoms with van der Waals surface area (Å²) in [6.45, 7) is 4.61. The van der Waals surface area contributed by atoms with Gasteiger partial charge in [0.2, 0.25) is 11.7 Å². The lowest BCUT2D eigenvalue weighted by Crippen LogP contribution is -2.39. The first-order chi connectivity index (χ1) is 14.8. The third-order valence-corrected chi connectivity index (χ3v) is 5.56. The van der Waals surface area contributed by atoms with Crippen LogP contribution in [-0.4, -0.2) is 52.9 Å². The van der Waals surface area contributed by atoms with E-state index in [9.17, 15) is 9.18 Å². The molecule has 1 fully saturated rings. The van der Waals surface area contributed by atoms with E-state index in [0.29, 0.717) is 41.7 Å². The molecule has 0 aliphatic carbocycles. The summed E-state index contributed by atoms with van der Waals surface area (Å²) in [7, 11) is 3.74. The summed E-state index contributed by atoms with van der Waals surface area (Å²) in [5.74, 6) is 0.781. The molecule has 8 heteroatoms. The number of hydrogen-bond acceptors (Lipinski definition) is 6. The zero-order chi connectivity index (χ0) is 22.1. The zero-order valence-electron chi connectivity index (χ0n) is 18.2. The number of rotatable bonds is 4. The molecule has 0 saturated carbocycles. The fourth-order valence-electron chi connectivity index (χ4n) is 4.06. The quantitative estimate of drug-likeness (QED) is 0.632. The molecule has 1 aliphatic heterocycles. The van der Waals surface area contributed by atoms with Crippen LogP contribution in [0.5, 0.6) is 0 Å². The smallest absolute Gasteiger partial charge is 0.291 e. The molecule has 1 saturated heterocycles. The monoisotopic (exact) mass is 423 g/mol. The lowest BCUT2D eigenvalue weighted by atomic mass is 9.89. The maximum absolute atomic E-state index is 14.6. The zero-order valence-corrected chi connectivity index (χ0v) is 18.2. The van der Waals surface area contributed by atoms with Crippen LogP contribution in [0.1, 0.15) is 46.6 Å². The highest BCUT2D eigenvalue weighted by molar-refractivity contribution is 5.92. The van der Waals surface area contributed by atoms with Gasteiger partial charge in [0.15, 0.2) is 5.89 Å². The van der Waals surface area contributed by atoms with Gasteiger partial charge in [-0.3, -0.25) is 4.79 Å². The van der Waals surface area contributed by atoms with Crippen LogP contribution < -0.4 is 4.90 Å². The predicted octanol–water partition coefficient (Wildman–Crippen LogP) is 3.97. The van der Waals surface area contributed by atoms with Gasteiger partial charge in [-0.15, -0.1) is 0 Å². The molecular formula is C23H26FN5O2. The number of aryl methyl sites for hydroxylation is 2. The van der Waals surface area contributed by atoms with E-state index in [4.69, 9.17) is 9.40 Å². The number of halogens is 1. The SMILES string of the molecule is Cc1nc(C)c(C(=O)N2CCC[C@H](c3nc(N(C)C)ncc3-c3ccccc3F)C2)o1. The molecule has 2 aromatic heterocycles. The van der Waals surface area contributed by atoms with Gasteiger partial charge < -0.3 is 14.2 Å². The molecule has 0 N–H and O–H groups in total. The standard InChI is InChI=1S/C23H26FN5O2/c1-14-21(31-15(2)26-14)22(30)29-11-7-8-16(13-29)20-18(12-25-23(27-20)28(3)4)17-9-5-6-10-19(17)24/h5-6,9-10,12,16H,7-8,11,13H2,1-4H3/t16-/m0/s1. The van der Waals surface area contributed by atoms with Crippen molar-refractivity contribution in [2.45, 2.75) is 32.6 Å². The Kier molecular flexibility index (Phi) is 5.71. The van der Waals surface area contributed by atoms with E-state index in [1.54, 1.807) is 43.1 Å². The van der Waals surface area contributed by atoms with Gasteiger partial charge in [-0.25, -0.2) is 19.3 Å². The molecule has 1 aliphatic rings. The van der Waals surface area contributed by atoms with Gasteiger partial charge in [0.1, 0.15) is 5.82 Å². The molecular weight excluding hydrogens is 397 g/mol. The number of benzene rings is 1. The van der Waals surface area contributed by atoms with E-state index in [1.807, 2.05) is 19.0 Å². The van der Waals surface area contributed by atoms with Crippen molar-refractivity contribution in [2.24, 2.45) is 0 Å². The number of amides is 1. The average molecular weight is 423 g/mol. The van der Waals surface area contributed by atoms with Crippen molar-refractivity contribution in [3.8, 4) is 11.1 Å². The van der Waals surface area contributed by atoms with E-state index in [1.165, 1.54) is 6.07 Å². The molecule has 1 amide bonds. The number of carbonyl (C=O) groups is 1. The highest BCUT2D eigenvalue weighted by atomic mass is 19.1. The molecule has 0 bridgehead atoms. The Hall–Kier alpha value is -3.29. The van der Waals surface area contributed by atoms with Crippen LogP contribution in [0.2, 0.25) is 0 Å². The first kappa shape index (κ1) is 21.0. The first-order valence-corrected chi connectivity index (χ1v) is 10.4. The van der Waals surface area contributed by atoms with E-state index in [2.05, 4.69) is 9.97 Å². The molecule has 162 valence electrons. The number of oxazole rings is 1. The Morgan fingerprint density at radius 2 is 1.97 bits per heavy atom. The van der Waals surface area contributed by atoms with Gasteiger partial charge in [-0.1, -0.05) is 18.2 Å². The number of nitrogens with zero attached hydrogens (tertiary/aromatic N) is 5. The second-order valence-corrected chi connectivity index (χ2v) is 8.08. The number of piperidine rings is 1. The topological polar surface area (TPSA) is 75.4 Å². The van der Waals surface area contributed by atoms with Crippen molar-refractivity contribution >= 4 is 11.9 Å². The third kappa shape index (κ3) is 4.15. The molecule has 31 heavy (non-hydrogen) atoms. The number of carbonyl (C=O) groups excluding carboxylic acids is 1. The molecule has 0 radical (unpaired) electrons. The van der Waals surface area contributed by atoms with Crippen LogP contribution in [0.15, 0.2) is 34.9 Å². The summed E-state index contributed by atoms with van der Waals surface area (Å²) in [5.41, 5.74) is 2.48. The highest BCUT2D eigenvalue weighted by Crippen LogP contribution is 2.35. The van der Waals surface area contributed by atoms with Crippen molar-refractivity contribution in [3.63, 3.8) is 0 Å². The van der Waals surface area contributed by atoms with Crippen LogP contribution >= 0.6 is 0 Å². The number of hydrogen-bond donors (Lipinski definition) is 0. The lowest BCUT2D eigenvalue weighted by molar-refractivity contribution is 0.0671. The normalized spacial score (nSPS) is 16.4. The Morgan fingerprint density at radius 3 is 2.65 bits per heavy atom. The van der Waals surface area contributed by atoms with E-state index in [0.717, 1.165) is 18.5 Å². The third-order valence-electron chi connectivity index (χ3n) is 5.56. The van der Waals surface area contributed by atoms with Crippen molar-refractivity contribution in [3.05, 3.63) is 59.3 Å². The Morgan fingerprint density at radius 1 is 1.19 bits per heavy atom.